The van der Waals surface area contributed by atoms with Crippen molar-refractivity contribution in [2.75, 3.05) is 6.54 Å². The van der Waals surface area contributed by atoms with Crippen LogP contribution in [0.3, 0.4) is 0 Å². The highest BCUT2D eigenvalue weighted by molar-refractivity contribution is 5.82. The van der Waals surface area contributed by atoms with Crippen molar-refractivity contribution in [1.82, 2.24) is 16.0 Å². The Balaban J connectivity index is 1.16. The number of carbonyl (C=O) groups excluding carboxylic acids is 2. The largest absolute Gasteiger partial charge is 0.467 e. The Kier molecular flexibility index (Phi) is 6.30. The molecule has 2 amide bonds. The average Bonchev–Trinajstić information content (AvgIpc) is 3.29. The molecule has 6 nitrogen and oxygen atoms in total. The second-order valence-electron chi connectivity index (χ2n) is 8.17. The fourth-order valence-corrected chi connectivity index (χ4v) is 4.37. The highest BCUT2D eigenvalue weighted by Gasteiger charge is 2.28. The summed E-state index contributed by atoms with van der Waals surface area (Å²) < 4.78 is 5.25. The van der Waals surface area contributed by atoms with E-state index in [1.54, 1.807) is 6.26 Å². The third-order valence-corrected chi connectivity index (χ3v) is 6.20. The van der Waals surface area contributed by atoms with Crippen molar-refractivity contribution < 1.29 is 14.0 Å². The van der Waals surface area contributed by atoms with Gasteiger partial charge in [0.1, 0.15) is 5.76 Å². The Morgan fingerprint density at radius 1 is 0.966 bits per heavy atom. The number of rotatable bonds is 6. The molecule has 2 heterocycles. The van der Waals surface area contributed by atoms with Crippen LogP contribution in [0.4, 0.5) is 0 Å². The Bertz CT molecular complexity index is 826. The van der Waals surface area contributed by atoms with Crippen LogP contribution in [0.2, 0.25) is 0 Å². The van der Waals surface area contributed by atoms with Crippen LogP contribution in [0.25, 0.3) is 0 Å². The van der Waals surface area contributed by atoms with Gasteiger partial charge in [0.15, 0.2) is 0 Å². The Morgan fingerprint density at radius 2 is 1.76 bits per heavy atom. The highest BCUT2D eigenvalue weighted by atomic mass is 16.3. The van der Waals surface area contributed by atoms with Crippen LogP contribution in [-0.2, 0) is 29.1 Å². The smallest absolute Gasteiger partial charge is 0.237 e. The SMILES string of the molecule is O=C(NCc1ccco1)C1CCC(CNC(=O)C2Cc3ccccc3CN2)CC1. The maximum atomic E-state index is 12.6. The Labute approximate surface area is 171 Å². The molecule has 1 atom stereocenters. The summed E-state index contributed by atoms with van der Waals surface area (Å²) in [6, 6.07) is 11.8. The summed E-state index contributed by atoms with van der Waals surface area (Å²) in [5, 5.41) is 9.42. The zero-order chi connectivity index (χ0) is 20.1. The number of carbonyl (C=O) groups is 2. The van der Waals surface area contributed by atoms with Crippen molar-refractivity contribution in [3.8, 4) is 0 Å². The van der Waals surface area contributed by atoms with Crippen LogP contribution >= 0.6 is 0 Å². The van der Waals surface area contributed by atoms with E-state index < -0.39 is 0 Å². The number of amides is 2. The number of fused-ring (bicyclic) bond motifs is 1. The van der Waals surface area contributed by atoms with E-state index in [0.29, 0.717) is 19.0 Å². The molecule has 1 aromatic carbocycles. The number of benzene rings is 1. The predicted molar refractivity (Wildman–Crippen MR) is 110 cm³/mol. The van der Waals surface area contributed by atoms with Gasteiger partial charge in [-0.05, 0) is 61.3 Å². The molecule has 2 aliphatic rings. The van der Waals surface area contributed by atoms with Crippen molar-refractivity contribution in [3.05, 3.63) is 59.5 Å². The van der Waals surface area contributed by atoms with Gasteiger partial charge in [0, 0.05) is 19.0 Å². The van der Waals surface area contributed by atoms with Crippen LogP contribution in [0.5, 0.6) is 0 Å². The van der Waals surface area contributed by atoms with Crippen molar-refractivity contribution >= 4 is 11.8 Å². The van der Waals surface area contributed by atoms with Gasteiger partial charge in [0.2, 0.25) is 11.8 Å². The van der Waals surface area contributed by atoms with Crippen LogP contribution in [0.15, 0.2) is 47.1 Å². The van der Waals surface area contributed by atoms with E-state index >= 15 is 0 Å². The lowest BCUT2D eigenvalue weighted by atomic mass is 9.81. The molecule has 29 heavy (non-hydrogen) atoms. The van der Waals surface area contributed by atoms with Gasteiger partial charge in [-0.3, -0.25) is 9.59 Å². The van der Waals surface area contributed by atoms with Crippen molar-refractivity contribution in [2.24, 2.45) is 11.8 Å². The van der Waals surface area contributed by atoms with E-state index in [4.69, 9.17) is 4.42 Å². The Morgan fingerprint density at radius 3 is 2.52 bits per heavy atom. The van der Waals surface area contributed by atoms with Crippen LogP contribution in [-0.4, -0.2) is 24.4 Å². The molecule has 0 spiro atoms. The van der Waals surface area contributed by atoms with Crippen LogP contribution < -0.4 is 16.0 Å². The van der Waals surface area contributed by atoms with Crippen molar-refractivity contribution in [1.29, 1.82) is 0 Å². The third-order valence-electron chi connectivity index (χ3n) is 6.20. The third kappa shape index (κ3) is 5.07. The molecule has 6 heteroatoms. The molecule has 154 valence electrons. The standard InChI is InChI=1S/C23H29N3O3/c27-22(26-15-20-6-3-11-29-20)17-9-7-16(8-10-17)13-25-23(28)21-12-18-4-1-2-5-19(18)14-24-21/h1-6,11,16-17,21,24H,7-10,12-15H2,(H,25,28)(H,26,27). The second-order valence-corrected chi connectivity index (χ2v) is 8.17. The molecular formula is C23H29N3O3. The van der Waals surface area contributed by atoms with Gasteiger partial charge >= 0.3 is 0 Å². The summed E-state index contributed by atoms with van der Waals surface area (Å²) >= 11 is 0. The molecule has 2 aromatic rings. The Hall–Kier alpha value is -2.60. The van der Waals surface area contributed by atoms with Crippen molar-refractivity contribution in [3.63, 3.8) is 0 Å². The molecule has 1 aliphatic carbocycles. The van der Waals surface area contributed by atoms with Crippen LogP contribution in [0.1, 0.15) is 42.6 Å². The first-order valence-corrected chi connectivity index (χ1v) is 10.6. The fourth-order valence-electron chi connectivity index (χ4n) is 4.37. The van der Waals surface area contributed by atoms with E-state index in [-0.39, 0.29) is 23.8 Å². The summed E-state index contributed by atoms with van der Waals surface area (Å²) in [6.07, 6.45) is 6.05. The van der Waals surface area contributed by atoms with Gasteiger partial charge in [-0.25, -0.2) is 0 Å². The first kappa shape index (κ1) is 19.7. The molecule has 1 aliphatic heterocycles. The van der Waals surface area contributed by atoms with Gasteiger partial charge in [-0.1, -0.05) is 24.3 Å². The fraction of sp³-hybridized carbons (Fsp3) is 0.478. The normalized spacial score (nSPS) is 23.8. The minimum absolute atomic E-state index is 0.0634. The molecule has 0 radical (unpaired) electrons. The zero-order valence-corrected chi connectivity index (χ0v) is 16.7. The van der Waals surface area contributed by atoms with Gasteiger partial charge in [0.25, 0.3) is 0 Å². The maximum Gasteiger partial charge on any atom is 0.237 e. The topological polar surface area (TPSA) is 83.4 Å². The molecule has 0 saturated heterocycles. The molecule has 0 bridgehead atoms. The predicted octanol–water partition coefficient (Wildman–Crippen LogP) is 2.53. The number of hydrogen-bond donors (Lipinski definition) is 3. The molecule has 1 unspecified atom stereocenters. The molecular weight excluding hydrogens is 366 g/mol. The van der Waals surface area contributed by atoms with Crippen LogP contribution in [0, 0.1) is 11.8 Å². The van der Waals surface area contributed by atoms with E-state index in [1.165, 1.54) is 11.1 Å². The van der Waals surface area contributed by atoms with Gasteiger partial charge in [0.05, 0.1) is 18.8 Å². The lowest BCUT2D eigenvalue weighted by Gasteiger charge is -2.29. The summed E-state index contributed by atoms with van der Waals surface area (Å²) in [6.45, 7) is 1.88. The molecule has 1 aromatic heterocycles. The van der Waals surface area contributed by atoms with E-state index in [2.05, 4.69) is 28.1 Å². The minimum atomic E-state index is -0.159. The van der Waals surface area contributed by atoms with Gasteiger partial charge in [-0.2, -0.15) is 0 Å². The summed E-state index contributed by atoms with van der Waals surface area (Å²) in [5.74, 6) is 1.47. The zero-order valence-electron chi connectivity index (χ0n) is 16.7. The van der Waals surface area contributed by atoms with Crippen molar-refractivity contribution in [2.45, 2.75) is 51.2 Å². The number of furan rings is 1. The highest BCUT2D eigenvalue weighted by Crippen LogP contribution is 2.28. The summed E-state index contributed by atoms with van der Waals surface area (Å²) in [7, 11) is 0. The monoisotopic (exact) mass is 395 g/mol. The minimum Gasteiger partial charge on any atom is -0.467 e. The first-order valence-electron chi connectivity index (χ1n) is 10.6. The molecule has 3 N–H and O–H groups in total. The maximum absolute atomic E-state index is 12.6. The average molecular weight is 396 g/mol. The second kappa shape index (κ2) is 9.27. The summed E-state index contributed by atoms with van der Waals surface area (Å²) in [4.78, 5) is 24.9. The van der Waals surface area contributed by atoms with E-state index in [1.807, 2.05) is 24.3 Å². The van der Waals surface area contributed by atoms with E-state index in [9.17, 15) is 9.59 Å². The number of nitrogens with one attached hydrogen (secondary N) is 3. The lowest BCUT2D eigenvalue weighted by molar-refractivity contribution is -0.127. The summed E-state index contributed by atoms with van der Waals surface area (Å²) in [5.41, 5.74) is 2.53. The van der Waals surface area contributed by atoms with E-state index in [0.717, 1.165) is 44.4 Å². The van der Waals surface area contributed by atoms with Gasteiger partial charge < -0.3 is 20.4 Å². The lowest BCUT2D eigenvalue weighted by Crippen LogP contribution is -2.48. The molecule has 1 fully saturated rings. The first-order chi connectivity index (χ1) is 14.2. The van der Waals surface area contributed by atoms with Gasteiger partial charge in [-0.15, -0.1) is 0 Å². The molecule has 4 rings (SSSR count). The quantitative estimate of drug-likeness (QED) is 0.702. The molecule has 1 saturated carbocycles. The number of hydrogen-bond acceptors (Lipinski definition) is 4.